The van der Waals surface area contributed by atoms with Crippen molar-refractivity contribution >= 4 is 34.7 Å². The maximum atomic E-state index is 6.03. The molecule has 0 aliphatic carbocycles. The summed E-state index contributed by atoms with van der Waals surface area (Å²) in [5.41, 5.74) is 7.38. The van der Waals surface area contributed by atoms with E-state index in [-0.39, 0.29) is 0 Å². The quantitative estimate of drug-likeness (QED) is 0.779. The van der Waals surface area contributed by atoms with Gasteiger partial charge in [0.1, 0.15) is 0 Å². The van der Waals surface area contributed by atoms with Gasteiger partial charge in [-0.15, -0.1) is 0 Å². The zero-order chi connectivity index (χ0) is 11.3. The Morgan fingerprint density at radius 2 is 2.27 bits per heavy atom. The Morgan fingerprint density at radius 3 is 2.87 bits per heavy atom. The molecule has 0 bridgehead atoms. The van der Waals surface area contributed by atoms with Gasteiger partial charge in [0.25, 0.3) is 0 Å². The maximum Gasteiger partial charge on any atom is 0.0763 e. The second-order valence-electron chi connectivity index (χ2n) is 3.47. The van der Waals surface area contributed by atoms with Gasteiger partial charge in [0.15, 0.2) is 0 Å². The third-order valence-corrected chi connectivity index (χ3v) is 3.66. The number of hydrogen-bond acceptors (Lipinski definition) is 3. The van der Waals surface area contributed by atoms with Crippen LogP contribution in [0.5, 0.6) is 0 Å². The van der Waals surface area contributed by atoms with Crippen LogP contribution in [0.3, 0.4) is 0 Å². The van der Waals surface area contributed by atoms with Gasteiger partial charge in [-0.2, -0.15) is 11.8 Å². The molecule has 15 heavy (non-hydrogen) atoms. The highest BCUT2D eigenvalue weighted by molar-refractivity contribution is 7.99. The van der Waals surface area contributed by atoms with Crippen molar-refractivity contribution < 1.29 is 0 Å². The van der Waals surface area contributed by atoms with Gasteiger partial charge in [-0.25, -0.2) is 0 Å². The third-order valence-electron chi connectivity index (χ3n) is 2.30. The van der Waals surface area contributed by atoms with Crippen molar-refractivity contribution in [3.8, 4) is 0 Å². The summed E-state index contributed by atoms with van der Waals surface area (Å²) < 4.78 is 0. The lowest BCUT2D eigenvalue weighted by molar-refractivity contribution is 0.854. The lowest BCUT2D eigenvalue weighted by Crippen LogP contribution is -2.09. The number of rotatable bonds is 5. The van der Waals surface area contributed by atoms with E-state index in [9.17, 15) is 0 Å². The summed E-state index contributed by atoms with van der Waals surface area (Å²) >= 11 is 7.90. The highest BCUT2D eigenvalue weighted by atomic mass is 35.5. The van der Waals surface area contributed by atoms with Gasteiger partial charge in [-0.3, -0.25) is 0 Å². The molecule has 1 aromatic rings. The predicted molar refractivity (Wildman–Crippen MR) is 71.9 cm³/mol. The van der Waals surface area contributed by atoms with Crippen LogP contribution in [-0.2, 0) is 0 Å². The van der Waals surface area contributed by atoms with Crippen LogP contribution in [0.4, 0.5) is 11.4 Å². The Morgan fingerprint density at radius 1 is 1.53 bits per heavy atom. The summed E-state index contributed by atoms with van der Waals surface area (Å²) in [6.45, 7) is 3.11. The molecule has 2 nitrogen and oxygen atoms in total. The number of nitrogens with one attached hydrogen (secondary N) is 1. The van der Waals surface area contributed by atoms with E-state index in [0.29, 0.717) is 16.0 Å². The molecule has 1 unspecified atom stereocenters. The Labute approximate surface area is 101 Å². The molecule has 0 heterocycles. The van der Waals surface area contributed by atoms with Crippen molar-refractivity contribution in [3.05, 3.63) is 23.2 Å². The number of nitrogens with two attached hydrogens (primary N) is 1. The van der Waals surface area contributed by atoms with E-state index in [1.165, 1.54) is 0 Å². The van der Waals surface area contributed by atoms with Gasteiger partial charge in [0.05, 0.1) is 16.4 Å². The minimum Gasteiger partial charge on any atom is -0.397 e. The minimum atomic E-state index is 0.654. The third kappa shape index (κ3) is 3.84. The first-order chi connectivity index (χ1) is 7.15. The van der Waals surface area contributed by atoms with E-state index in [4.69, 9.17) is 17.3 Å². The van der Waals surface area contributed by atoms with Crippen LogP contribution < -0.4 is 11.1 Å². The molecule has 3 N–H and O–H groups in total. The Bertz CT molecular complexity index is 297. The molecule has 0 saturated carbocycles. The van der Waals surface area contributed by atoms with Crippen LogP contribution in [0.2, 0.25) is 5.02 Å². The molecule has 1 atom stereocenters. The summed E-state index contributed by atoms with van der Waals surface area (Å²) in [5, 5.41) is 4.62. The monoisotopic (exact) mass is 244 g/mol. The number of halogens is 1. The number of nitrogen functional groups attached to an aromatic ring is 1. The molecule has 1 rings (SSSR count). The molecular weight excluding hydrogens is 228 g/mol. The van der Waals surface area contributed by atoms with Crippen LogP contribution in [0.1, 0.15) is 13.3 Å². The summed E-state index contributed by atoms with van der Waals surface area (Å²) in [4.78, 5) is 0. The molecular formula is C11H17ClN2S. The second-order valence-corrected chi connectivity index (χ2v) is 5.15. The van der Waals surface area contributed by atoms with Crippen LogP contribution in [0.25, 0.3) is 0 Å². The molecule has 0 radical (unpaired) electrons. The summed E-state index contributed by atoms with van der Waals surface area (Å²) in [6.07, 6.45) is 3.22. The van der Waals surface area contributed by atoms with E-state index in [1.807, 2.05) is 30.0 Å². The molecule has 1 aromatic carbocycles. The highest BCUT2D eigenvalue weighted by Crippen LogP contribution is 2.27. The number of hydrogen-bond donors (Lipinski definition) is 2. The van der Waals surface area contributed by atoms with E-state index in [2.05, 4.69) is 18.5 Å². The van der Waals surface area contributed by atoms with Crippen molar-refractivity contribution in [2.75, 3.05) is 23.9 Å². The molecule has 0 amide bonds. The normalized spacial score (nSPS) is 12.5. The van der Waals surface area contributed by atoms with Crippen molar-refractivity contribution in [1.82, 2.24) is 0 Å². The smallest absolute Gasteiger partial charge is 0.0763 e. The largest absolute Gasteiger partial charge is 0.397 e. The van der Waals surface area contributed by atoms with E-state index in [1.54, 1.807) is 0 Å². The molecule has 0 saturated heterocycles. The number of anilines is 2. The van der Waals surface area contributed by atoms with Crippen molar-refractivity contribution in [3.63, 3.8) is 0 Å². The summed E-state index contributed by atoms with van der Waals surface area (Å²) in [5.74, 6) is 0. The first-order valence-electron chi connectivity index (χ1n) is 4.95. The molecule has 0 fully saturated rings. The maximum absolute atomic E-state index is 6.03. The number of benzene rings is 1. The van der Waals surface area contributed by atoms with Crippen molar-refractivity contribution in [2.24, 2.45) is 0 Å². The highest BCUT2D eigenvalue weighted by Gasteiger charge is 2.04. The van der Waals surface area contributed by atoms with Gasteiger partial charge < -0.3 is 11.1 Å². The molecule has 4 heteroatoms. The van der Waals surface area contributed by atoms with Gasteiger partial charge in [-0.1, -0.05) is 24.6 Å². The van der Waals surface area contributed by atoms with E-state index < -0.39 is 0 Å². The molecule has 0 aromatic heterocycles. The lowest BCUT2D eigenvalue weighted by atomic mass is 10.2. The molecule has 0 aliphatic heterocycles. The Balaban J connectivity index is 2.50. The fourth-order valence-corrected chi connectivity index (χ4v) is 1.85. The lowest BCUT2D eigenvalue weighted by Gasteiger charge is -2.13. The first kappa shape index (κ1) is 12.5. The molecule has 0 aliphatic rings. The van der Waals surface area contributed by atoms with Crippen LogP contribution in [-0.4, -0.2) is 18.1 Å². The standard InChI is InChI=1S/C11H17ClN2S/c1-8(15-2)6-7-14-11-9(12)4-3-5-10(11)13/h3-5,8,14H,6-7,13H2,1-2H3. The van der Waals surface area contributed by atoms with Crippen molar-refractivity contribution in [1.29, 1.82) is 0 Å². The minimum absolute atomic E-state index is 0.654. The second kappa shape index (κ2) is 6.13. The van der Waals surface area contributed by atoms with Gasteiger partial charge in [-0.05, 0) is 24.8 Å². The SMILES string of the molecule is CSC(C)CCNc1c(N)cccc1Cl. The topological polar surface area (TPSA) is 38.0 Å². The number of para-hydroxylation sites is 1. The van der Waals surface area contributed by atoms with Gasteiger partial charge >= 0.3 is 0 Å². The summed E-state index contributed by atoms with van der Waals surface area (Å²) in [6, 6.07) is 5.55. The Kier molecular flexibility index (Phi) is 5.12. The Hall–Kier alpha value is -0.540. The van der Waals surface area contributed by atoms with Gasteiger partial charge in [0, 0.05) is 11.8 Å². The first-order valence-corrected chi connectivity index (χ1v) is 6.62. The van der Waals surface area contributed by atoms with Crippen molar-refractivity contribution in [2.45, 2.75) is 18.6 Å². The van der Waals surface area contributed by atoms with Gasteiger partial charge in [0.2, 0.25) is 0 Å². The average Bonchev–Trinajstić information content (AvgIpc) is 2.22. The zero-order valence-electron chi connectivity index (χ0n) is 9.09. The number of thioether (sulfide) groups is 1. The fraction of sp³-hybridized carbons (Fsp3) is 0.455. The van der Waals surface area contributed by atoms with E-state index in [0.717, 1.165) is 18.7 Å². The molecule has 84 valence electrons. The van der Waals surface area contributed by atoms with E-state index >= 15 is 0 Å². The average molecular weight is 245 g/mol. The van der Waals surface area contributed by atoms with Crippen LogP contribution >= 0.6 is 23.4 Å². The van der Waals surface area contributed by atoms with Crippen LogP contribution in [0, 0.1) is 0 Å². The van der Waals surface area contributed by atoms with Crippen LogP contribution in [0.15, 0.2) is 18.2 Å². The predicted octanol–water partition coefficient (Wildman–Crippen LogP) is 3.48. The fourth-order valence-electron chi connectivity index (χ4n) is 1.25. The summed E-state index contributed by atoms with van der Waals surface area (Å²) in [7, 11) is 0. The zero-order valence-corrected chi connectivity index (χ0v) is 10.7. The molecule has 0 spiro atoms.